The third kappa shape index (κ3) is 4.86. The average Bonchev–Trinajstić information content (AvgIpc) is 3.16. The summed E-state index contributed by atoms with van der Waals surface area (Å²) >= 11 is 1.54. The van der Waals surface area contributed by atoms with Crippen molar-refractivity contribution in [3.05, 3.63) is 63.0 Å². The fourth-order valence-electron chi connectivity index (χ4n) is 3.29. The summed E-state index contributed by atoms with van der Waals surface area (Å²) in [7, 11) is 0. The Morgan fingerprint density at radius 1 is 1.22 bits per heavy atom. The van der Waals surface area contributed by atoms with E-state index in [1.807, 2.05) is 48.4 Å². The smallest absolute Gasteiger partial charge is 0.270 e. The number of hydrogen-bond acceptors (Lipinski definition) is 3. The van der Waals surface area contributed by atoms with Gasteiger partial charge in [0.1, 0.15) is 5.70 Å². The maximum atomic E-state index is 13.1. The number of nitrogens with one attached hydrogen (secondary N) is 1. The van der Waals surface area contributed by atoms with E-state index in [0.29, 0.717) is 17.2 Å². The van der Waals surface area contributed by atoms with Crippen LogP contribution in [-0.2, 0) is 4.79 Å². The van der Waals surface area contributed by atoms with Crippen LogP contribution in [0.5, 0.6) is 0 Å². The maximum absolute atomic E-state index is 13.1. The molecule has 2 heterocycles. The number of carbonyl (C=O) groups is 2. The highest BCUT2D eigenvalue weighted by Gasteiger charge is 2.25. The number of piperidine rings is 1. The minimum atomic E-state index is -0.251. The molecule has 2 aromatic rings. The van der Waals surface area contributed by atoms with Crippen molar-refractivity contribution in [2.45, 2.75) is 33.6 Å². The highest BCUT2D eigenvalue weighted by Crippen LogP contribution is 2.20. The summed E-state index contributed by atoms with van der Waals surface area (Å²) in [5, 5.41) is 4.83. The molecule has 1 aromatic carbocycles. The van der Waals surface area contributed by atoms with E-state index < -0.39 is 0 Å². The topological polar surface area (TPSA) is 49.4 Å². The fraction of sp³-hybridized carbons (Fsp3) is 0.364. The molecule has 0 spiro atoms. The van der Waals surface area contributed by atoms with Gasteiger partial charge in [-0.3, -0.25) is 9.59 Å². The van der Waals surface area contributed by atoms with E-state index in [1.54, 1.807) is 23.5 Å². The molecule has 1 aliphatic heterocycles. The predicted octanol–water partition coefficient (Wildman–Crippen LogP) is 4.39. The van der Waals surface area contributed by atoms with Gasteiger partial charge in [0.2, 0.25) is 0 Å². The van der Waals surface area contributed by atoms with Crippen molar-refractivity contribution in [3.63, 3.8) is 0 Å². The zero-order chi connectivity index (χ0) is 19.4. The second kappa shape index (κ2) is 8.53. The molecule has 1 fully saturated rings. The molecule has 3 rings (SSSR count). The van der Waals surface area contributed by atoms with Crippen LogP contribution in [0.3, 0.4) is 0 Å². The van der Waals surface area contributed by atoms with Crippen LogP contribution in [0.2, 0.25) is 0 Å². The van der Waals surface area contributed by atoms with Crippen LogP contribution in [-0.4, -0.2) is 29.8 Å². The lowest BCUT2D eigenvalue weighted by atomic mass is 10.00. The fourth-order valence-corrected chi connectivity index (χ4v) is 3.95. The van der Waals surface area contributed by atoms with E-state index in [4.69, 9.17) is 0 Å². The van der Waals surface area contributed by atoms with Crippen molar-refractivity contribution in [2.24, 2.45) is 5.92 Å². The lowest BCUT2D eigenvalue weighted by molar-refractivity contribution is -0.129. The number of carbonyl (C=O) groups excluding carboxylic acids is 2. The lowest BCUT2D eigenvalue weighted by Crippen LogP contribution is -2.43. The van der Waals surface area contributed by atoms with Crippen LogP contribution in [0, 0.1) is 19.8 Å². The summed E-state index contributed by atoms with van der Waals surface area (Å²) in [5.41, 5.74) is 3.10. The van der Waals surface area contributed by atoms with Crippen molar-refractivity contribution < 1.29 is 9.59 Å². The molecule has 0 aliphatic carbocycles. The van der Waals surface area contributed by atoms with Gasteiger partial charge in [0, 0.05) is 23.5 Å². The molecule has 4 nitrogen and oxygen atoms in total. The first-order valence-corrected chi connectivity index (χ1v) is 10.2. The number of rotatable bonds is 4. The molecule has 1 N–H and O–H groups in total. The summed E-state index contributed by atoms with van der Waals surface area (Å²) in [6.07, 6.45) is 3.93. The van der Waals surface area contributed by atoms with Crippen molar-refractivity contribution >= 4 is 29.2 Å². The van der Waals surface area contributed by atoms with E-state index in [2.05, 4.69) is 12.2 Å². The molecule has 1 aliphatic rings. The first-order valence-electron chi connectivity index (χ1n) is 9.37. The summed E-state index contributed by atoms with van der Waals surface area (Å²) in [6, 6.07) is 9.47. The zero-order valence-corrected chi connectivity index (χ0v) is 16.9. The molecule has 5 heteroatoms. The quantitative estimate of drug-likeness (QED) is 0.797. The first-order chi connectivity index (χ1) is 12.9. The monoisotopic (exact) mass is 382 g/mol. The molecule has 1 aromatic heterocycles. The standard InChI is InChI=1S/C22H26N2O2S/c1-15-6-4-10-24(14-15)22(26)20(13-19-7-5-11-27-19)23-21(25)18-9-8-16(2)17(3)12-18/h5,7-9,11-13,15H,4,6,10,14H2,1-3H3,(H,23,25). The van der Waals surface area contributed by atoms with Crippen LogP contribution < -0.4 is 5.32 Å². The maximum Gasteiger partial charge on any atom is 0.270 e. The van der Waals surface area contributed by atoms with E-state index in [9.17, 15) is 9.59 Å². The van der Waals surface area contributed by atoms with Gasteiger partial charge >= 0.3 is 0 Å². The highest BCUT2D eigenvalue weighted by atomic mass is 32.1. The Morgan fingerprint density at radius 3 is 2.70 bits per heavy atom. The Balaban J connectivity index is 1.84. The summed E-state index contributed by atoms with van der Waals surface area (Å²) in [5.74, 6) is 0.132. The van der Waals surface area contributed by atoms with E-state index in [-0.39, 0.29) is 11.8 Å². The number of likely N-dealkylation sites (tertiary alicyclic amines) is 1. The highest BCUT2D eigenvalue weighted by molar-refractivity contribution is 7.10. The van der Waals surface area contributed by atoms with Crippen LogP contribution in [0.15, 0.2) is 41.4 Å². The Bertz CT molecular complexity index is 855. The molecule has 1 saturated heterocycles. The zero-order valence-electron chi connectivity index (χ0n) is 16.1. The number of thiophene rings is 1. The SMILES string of the molecule is Cc1ccc(C(=O)NC(=Cc2cccs2)C(=O)N2CCCC(C)C2)cc1C. The van der Waals surface area contributed by atoms with Gasteiger partial charge in [0.15, 0.2) is 0 Å². The average molecular weight is 383 g/mol. The second-order valence-corrected chi connectivity index (χ2v) is 8.30. The second-order valence-electron chi connectivity index (χ2n) is 7.33. The van der Waals surface area contributed by atoms with E-state index in [1.165, 1.54) is 0 Å². The van der Waals surface area contributed by atoms with E-state index >= 15 is 0 Å². The Morgan fingerprint density at radius 2 is 2.04 bits per heavy atom. The summed E-state index contributed by atoms with van der Waals surface area (Å²) in [6.45, 7) is 7.63. The Labute approximate surface area is 164 Å². The summed E-state index contributed by atoms with van der Waals surface area (Å²) in [4.78, 5) is 28.7. The van der Waals surface area contributed by atoms with Gasteiger partial charge in [-0.25, -0.2) is 0 Å². The molecule has 1 atom stereocenters. The minimum Gasteiger partial charge on any atom is -0.337 e. The van der Waals surface area contributed by atoms with Crippen LogP contribution in [0.1, 0.15) is 46.1 Å². The van der Waals surface area contributed by atoms with Gasteiger partial charge in [0.25, 0.3) is 11.8 Å². The largest absolute Gasteiger partial charge is 0.337 e. The van der Waals surface area contributed by atoms with Gasteiger partial charge in [-0.2, -0.15) is 0 Å². The number of nitrogens with zero attached hydrogens (tertiary/aromatic N) is 1. The van der Waals surface area contributed by atoms with Gasteiger partial charge < -0.3 is 10.2 Å². The normalized spacial score (nSPS) is 17.7. The molecule has 27 heavy (non-hydrogen) atoms. The van der Waals surface area contributed by atoms with Gasteiger partial charge in [0.05, 0.1) is 0 Å². The number of aryl methyl sites for hydroxylation is 2. The van der Waals surface area contributed by atoms with Crippen molar-refractivity contribution in [2.75, 3.05) is 13.1 Å². The molecular weight excluding hydrogens is 356 g/mol. The molecule has 1 unspecified atom stereocenters. The Kier molecular flexibility index (Phi) is 6.11. The van der Waals surface area contributed by atoms with Gasteiger partial charge in [-0.1, -0.05) is 19.1 Å². The third-order valence-corrected chi connectivity index (χ3v) is 5.84. The van der Waals surface area contributed by atoms with Crippen LogP contribution in [0.4, 0.5) is 0 Å². The molecule has 0 saturated carbocycles. The number of benzene rings is 1. The van der Waals surface area contributed by atoms with Gasteiger partial charge in [-0.05, 0) is 73.4 Å². The van der Waals surface area contributed by atoms with Crippen molar-refractivity contribution in [1.29, 1.82) is 0 Å². The molecule has 0 radical (unpaired) electrons. The molecule has 2 amide bonds. The van der Waals surface area contributed by atoms with Crippen molar-refractivity contribution in [1.82, 2.24) is 10.2 Å². The lowest BCUT2D eigenvalue weighted by Gasteiger charge is -2.31. The minimum absolute atomic E-state index is 0.105. The van der Waals surface area contributed by atoms with Gasteiger partial charge in [-0.15, -0.1) is 11.3 Å². The molecule has 142 valence electrons. The number of hydrogen-bond donors (Lipinski definition) is 1. The third-order valence-electron chi connectivity index (χ3n) is 5.02. The van der Waals surface area contributed by atoms with E-state index in [0.717, 1.165) is 41.9 Å². The summed E-state index contributed by atoms with van der Waals surface area (Å²) < 4.78 is 0. The Hall–Kier alpha value is -2.40. The van der Waals surface area contributed by atoms with Crippen molar-refractivity contribution in [3.8, 4) is 0 Å². The molecular formula is C22H26N2O2S. The number of amides is 2. The van der Waals surface area contributed by atoms with Crippen LogP contribution in [0.25, 0.3) is 6.08 Å². The molecule has 0 bridgehead atoms. The predicted molar refractivity (Wildman–Crippen MR) is 111 cm³/mol. The van der Waals surface area contributed by atoms with Crippen LogP contribution >= 0.6 is 11.3 Å². The first kappa shape index (κ1) is 19.4.